The minimum atomic E-state index is 0.393. The number of phenols is 1. The quantitative estimate of drug-likeness (QED) is 0.840. The SMILES string of the molecule is Cc1ccc(Cc2cc(C(C)C)ccc2O)c(C)c1. The number of hydrogen-bond donors (Lipinski definition) is 1. The normalized spacial score (nSPS) is 11.0. The number of aromatic hydroxyl groups is 1. The molecule has 0 saturated heterocycles. The van der Waals surface area contributed by atoms with Crippen molar-refractivity contribution in [1.82, 2.24) is 0 Å². The van der Waals surface area contributed by atoms with Crippen LogP contribution in [0.3, 0.4) is 0 Å². The van der Waals surface area contributed by atoms with Gasteiger partial charge in [-0.2, -0.15) is 0 Å². The van der Waals surface area contributed by atoms with Gasteiger partial charge in [0.2, 0.25) is 0 Å². The second kappa shape index (κ2) is 5.48. The summed E-state index contributed by atoms with van der Waals surface area (Å²) in [5.41, 5.74) is 6.13. The molecular formula is C18H22O. The topological polar surface area (TPSA) is 20.2 Å². The highest BCUT2D eigenvalue weighted by Gasteiger charge is 2.08. The Morgan fingerprint density at radius 1 is 0.947 bits per heavy atom. The average molecular weight is 254 g/mol. The van der Waals surface area contributed by atoms with Crippen LogP contribution in [0.4, 0.5) is 0 Å². The van der Waals surface area contributed by atoms with Crippen LogP contribution in [-0.4, -0.2) is 5.11 Å². The molecule has 0 aliphatic rings. The van der Waals surface area contributed by atoms with Crippen LogP contribution in [0.1, 0.15) is 47.6 Å². The summed E-state index contributed by atoms with van der Waals surface area (Å²) < 4.78 is 0. The molecule has 0 radical (unpaired) electrons. The Bertz CT molecular complexity index is 582. The molecule has 2 aromatic carbocycles. The minimum Gasteiger partial charge on any atom is -0.508 e. The maximum absolute atomic E-state index is 10.0. The van der Waals surface area contributed by atoms with Gasteiger partial charge in [0.05, 0.1) is 0 Å². The first-order valence-electron chi connectivity index (χ1n) is 6.85. The molecule has 0 aromatic heterocycles. The molecule has 1 heteroatoms. The molecule has 1 N–H and O–H groups in total. The summed E-state index contributed by atoms with van der Waals surface area (Å²) in [5, 5.41) is 10.0. The fourth-order valence-electron chi connectivity index (χ4n) is 2.36. The van der Waals surface area contributed by atoms with Crippen molar-refractivity contribution in [2.45, 2.75) is 40.0 Å². The molecule has 2 rings (SSSR count). The summed E-state index contributed by atoms with van der Waals surface area (Å²) in [7, 11) is 0. The Morgan fingerprint density at radius 2 is 1.68 bits per heavy atom. The average Bonchev–Trinajstić information content (AvgIpc) is 2.34. The van der Waals surface area contributed by atoms with Crippen LogP contribution in [0, 0.1) is 13.8 Å². The Balaban J connectivity index is 2.34. The summed E-state index contributed by atoms with van der Waals surface area (Å²) >= 11 is 0. The van der Waals surface area contributed by atoms with Gasteiger partial charge in [-0.3, -0.25) is 0 Å². The van der Waals surface area contributed by atoms with Gasteiger partial charge in [0.25, 0.3) is 0 Å². The van der Waals surface area contributed by atoms with Gasteiger partial charge < -0.3 is 5.11 Å². The van der Waals surface area contributed by atoms with Crippen molar-refractivity contribution in [1.29, 1.82) is 0 Å². The summed E-state index contributed by atoms with van der Waals surface area (Å²) in [6.45, 7) is 8.58. The number of aryl methyl sites for hydroxylation is 2. The number of hydrogen-bond acceptors (Lipinski definition) is 1. The van der Waals surface area contributed by atoms with Gasteiger partial charge >= 0.3 is 0 Å². The minimum absolute atomic E-state index is 0.393. The van der Waals surface area contributed by atoms with Crippen molar-refractivity contribution >= 4 is 0 Å². The van der Waals surface area contributed by atoms with Crippen LogP contribution in [0.5, 0.6) is 5.75 Å². The maximum atomic E-state index is 10.0. The number of phenolic OH excluding ortho intramolecular Hbond substituents is 1. The van der Waals surface area contributed by atoms with Gasteiger partial charge in [0.15, 0.2) is 0 Å². The van der Waals surface area contributed by atoms with Gasteiger partial charge in [0, 0.05) is 6.42 Å². The molecule has 0 aliphatic heterocycles. The Morgan fingerprint density at radius 3 is 2.32 bits per heavy atom. The van der Waals surface area contributed by atoms with Gasteiger partial charge in [-0.25, -0.2) is 0 Å². The molecular weight excluding hydrogens is 232 g/mol. The van der Waals surface area contributed by atoms with E-state index in [1.165, 1.54) is 22.3 Å². The van der Waals surface area contributed by atoms with Crippen LogP contribution in [-0.2, 0) is 6.42 Å². The van der Waals surface area contributed by atoms with Crippen molar-refractivity contribution in [3.8, 4) is 5.75 Å². The van der Waals surface area contributed by atoms with Gasteiger partial charge in [-0.05, 0) is 48.1 Å². The zero-order chi connectivity index (χ0) is 14.0. The van der Waals surface area contributed by atoms with Crippen molar-refractivity contribution in [3.63, 3.8) is 0 Å². The highest BCUT2D eigenvalue weighted by Crippen LogP contribution is 2.26. The highest BCUT2D eigenvalue weighted by molar-refractivity contribution is 5.42. The fourth-order valence-corrected chi connectivity index (χ4v) is 2.36. The lowest BCUT2D eigenvalue weighted by atomic mass is 9.94. The third-order valence-corrected chi connectivity index (χ3v) is 3.65. The van der Waals surface area contributed by atoms with E-state index in [2.05, 4.69) is 52.0 Å². The molecule has 0 atom stereocenters. The standard InChI is InChI=1S/C18H22O/c1-12(2)15-7-8-18(19)17(10-15)11-16-6-5-13(3)9-14(16)4/h5-10,12,19H,11H2,1-4H3. The zero-order valence-electron chi connectivity index (χ0n) is 12.2. The lowest BCUT2D eigenvalue weighted by molar-refractivity contribution is 0.469. The van der Waals surface area contributed by atoms with Crippen LogP contribution in [0.2, 0.25) is 0 Å². The van der Waals surface area contributed by atoms with E-state index in [-0.39, 0.29) is 0 Å². The van der Waals surface area contributed by atoms with Crippen molar-refractivity contribution in [3.05, 3.63) is 64.2 Å². The highest BCUT2D eigenvalue weighted by atomic mass is 16.3. The smallest absolute Gasteiger partial charge is 0.119 e. The van der Waals surface area contributed by atoms with E-state index in [1.54, 1.807) is 0 Å². The van der Waals surface area contributed by atoms with E-state index in [0.717, 1.165) is 12.0 Å². The van der Waals surface area contributed by atoms with Crippen molar-refractivity contribution < 1.29 is 5.11 Å². The van der Waals surface area contributed by atoms with Crippen LogP contribution in [0.15, 0.2) is 36.4 Å². The van der Waals surface area contributed by atoms with Crippen LogP contribution in [0.25, 0.3) is 0 Å². The zero-order valence-corrected chi connectivity index (χ0v) is 12.2. The Kier molecular flexibility index (Phi) is 3.94. The van der Waals surface area contributed by atoms with E-state index in [1.807, 2.05) is 12.1 Å². The van der Waals surface area contributed by atoms with Gasteiger partial charge in [0.1, 0.15) is 5.75 Å². The van der Waals surface area contributed by atoms with Gasteiger partial charge in [-0.15, -0.1) is 0 Å². The molecule has 0 aliphatic carbocycles. The predicted octanol–water partition coefficient (Wildman–Crippen LogP) is 4.72. The summed E-state index contributed by atoms with van der Waals surface area (Å²) in [6.07, 6.45) is 0.790. The fraction of sp³-hybridized carbons (Fsp3) is 0.333. The lowest BCUT2D eigenvalue weighted by Gasteiger charge is -2.12. The third kappa shape index (κ3) is 3.17. The molecule has 19 heavy (non-hydrogen) atoms. The van der Waals surface area contributed by atoms with E-state index in [0.29, 0.717) is 11.7 Å². The second-order valence-electron chi connectivity index (χ2n) is 5.65. The summed E-state index contributed by atoms with van der Waals surface area (Å²) in [6, 6.07) is 12.4. The molecule has 0 heterocycles. The first-order chi connectivity index (χ1) is 8.97. The molecule has 1 nitrogen and oxygen atoms in total. The maximum Gasteiger partial charge on any atom is 0.119 e. The Labute approximate surface area is 115 Å². The third-order valence-electron chi connectivity index (χ3n) is 3.65. The van der Waals surface area contributed by atoms with Crippen LogP contribution >= 0.6 is 0 Å². The Hall–Kier alpha value is -1.76. The predicted molar refractivity (Wildman–Crippen MR) is 80.9 cm³/mol. The largest absolute Gasteiger partial charge is 0.508 e. The van der Waals surface area contributed by atoms with Gasteiger partial charge in [-0.1, -0.05) is 49.7 Å². The van der Waals surface area contributed by atoms with Crippen molar-refractivity contribution in [2.24, 2.45) is 0 Å². The molecule has 0 saturated carbocycles. The van der Waals surface area contributed by atoms with E-state index < -0.39 is 0 Å². The molecule has 0 bridgehead atoms. The van der Waals surface area contributed by atoms with Crippen molar-refractivity contribution in [2.75, 3.05) is 0 Å². The second-order valence-corrected chi connectivity index (χ2v) is 5.65. The molecule has 0 fully saturated rings. The monoisotopic (exact) mass is 254 g/mol. The first-order valence-corrected chi connectivity index (χ1v) is 6.85. The molecule has 100 valence electrons. The molecule has 2 aromatic rings. The lowest BCUT2D eigenvalue weighted by Crippen LogP contribution is -1.96. The van der Waals surface area contributed by atoms with E-state index >= 15 is 0 Å². The molecule has 0 spiro atoms. The van der Waals surface area contributed by atoms with E-state index in [4.69, 9.17) is 0 Å². The number of benzene rings is 2. The molecule has 0 amide bonds. The number of rotatable bonds is 3. The first kappa shape index (κ1) is 13.7. The van der Waals surface area contributed by atoms with Crippen LogP contribution < -0.4 is 0 Å². The van der Waals surface area contributed by atoms with E-state index in [9.17, 15) is 5.11 Å². The summed E-state index contributed by atoms with van der Waals surface area (Å²) in [4.78, 5) is 0. The summed E-state index contributed by atoms with van der Waals surface area (Å²) in [5.74, 6) is 0.878. The molecule has 0 unspecified atom stereocenters.